The number of H-pyrrole nitrogens is 1. The van der Waals surface area contributed by atoms with Gasteiger partial charge in [0, 0.05) is 46.4 Å². The van der Waals surface area contributed by atoms with E-state index in [4.69, 9.17) is 5.26 Å². The van der Waals surface area contributed by atoms with E-state index in [9.17, 15) is 9.59 Å². The number of aryl methyl sites for hydroxylation is 1. The highest BCUT2D eigenvalue weighted by Crippen LogP contribution is 2.37. The first kappa shape index (κ1) is 27.2. The van der Waals surface area contributed by atoms with Crippen molar-refractivity contribution in [2.75, 3.05) is 31.5 Å². The van der Waals surface area contributed by atoms with Crippen molar-refractivity contribution in [1.29, 1.82) is 5.26 Å². The van der Waals surface area contributed by atoms with Gasteiger partial charge in [-0.25, -0.2) is 0 Å². The van der Waals surface area contributed by atoms with E-state index in [1.807, 2.05) is 62.4 Å². The predicted molar refractivity (Wildman–Crippen MR) is 154 cm³/mol. The van der Waals surface area contributed by atoms with Crippen molar-refractivity contribution in [3.05, 3.63) is 81.7 Å². The Morgan fingerprint density at radius 1 is 1.13 bits per heavy atom. The quantitative estimate of drug-likeness (QED) is 0.243. The van der Waals surface area contributed by atoms with Crippen LogP contribution in [-0.2, 0) is 10.5 Å². The van der Waals surface area contributed by atoms with E-state index in [0.717, 1.165) is 64.0 Å². The molecule has 196 valence electrons. The Bertz CT molecular complexity index is 1410. The predicted octanol–water partition coefficient (Wildman–Crippen LogP) is 5.36. The number of nitrogens with one attached hydrogen (secondary N) is 3. The second kappa shape index (κ2) is 12.2. The maximum absolute atomic E-state index is 13.0. The van der Waals surface area contributed by atoms with Crippen LogP contribution in [0.4, 0.5) is 5.69 Å². The number of nitrogens with zero attached hydrogens (tertiary/aromatic N) is 2. The van der Waals surface area contributed by atoms with Crippen molar-refractivity contribution in [3.8, 4) is 6.07 Å². The average Bonchev–Trinajstić information content (AvgIpc) is 3.39. The van der Waals surface area contributed by atoms with Crippen LogP contribution in [0, 0.1) is 25.2 Å². The fourth-order valence-electron chi connectivity index (χ4n) is 4.60. The minimum atomic E-state index is -0.161. The maximum atomic E-state index is 13.0. The number of fused-ring (bicyclic) bond motifs is 1. The van der Waals surface area contributed by atoms with E-state index in [2.05, 4.69) is 40.4 Å². The van der Waals surface area contributed by atoms with Crippen LogP contribution >= 0.6 is 11.8 Å². The van der Waals surface area contributed by atoms with Crippen molar-refractivity contribution in [2.24, 2.45) is 0 Å². The summed E-state index contributed by atoms with van der Waals surface area (Å²) in [5.74, 6) is 0.490. The number of hydrogen-bond donors (Lipinski definition) is 3. The van der Waals surface area contributed by atoms with Crippen molar-refractivity contribution >= 4 is 40.9 Å². The first-order chi connectivity index (χ1) is 18.3. The van der Waals surface area contributed by atoms with Crippen LogP contribution in [0.3, 0.4) is 0 Å². The van der Waals surface area contributed by atoms with Gasteiger partial charge in [0.1, 0.15) is 0 Å². The number of carbonyl (C=O) groups excluding carboxylic acids is 2. The molecule has 3 aromatic rings. The third-order valence-electron chi connectivity index (χ3n) is 6.86. The number of carbonyl (C=O) groups is 2. The van der Waals surface area contributed by atoms with Gasteiger partial charge in [0.15, 0.2) is 0 Å². The van der Waals surface area contributed by atoms with Crippen molar-refractivity contribution in [2.45, 2.75) is 38.3 Å². The number of rotatable bonds is 10. The van der Waals surface area contributed by atoms with Gasteiger partial charge in [-0.05, 0) is 74.5 Å². The summed E-state index contributed by atoms with van der Waals surface area (Å²) in [5, 5.41) is 15.0. The average molecular weight is 528 g/mol. The second-order valence-corrected chi connectivity index (χ2v) is 10.3. The normalized spacial score (nSPS) is 13.5. The zero-order chi connectivity index (χ0) is 27.2. The highest BCUT2D eigenvalue weighted by Gasteiger charge is 2.26. The number of aromatic nitrogens is 1. The first-order valence-electron chi connectivity index (χ1n) is 12.8. The number of amides is 2. The minimum absolute atomic E-state index is 0.106. The Morgan fingerprint density at radius 2 is 1.87 bits per heavy atom. The molecule has 0 radical (unpaired) electrons. The van der Waals surface area contributed by atoms with Crippen molar-refractivity contribution in [1.82, 2.24) is 15.2 Å². The molecule has 0 fully saturated rings. The smallest absolute Gasteiger partial charge is 0.256 e. The molecule has 8 heteroatoms. The van der Waals surface area contributed by atoms with Gasteiger partial charge in [0.05, 0.1) is 22.8 Å². The molecule has 0 atom stereocenters. The lowest BCUT2D eigenvalue weighted by Gasteiger charge is -2.18. The Kier molecular flexibility index (Phi) is 8.72. The minimum Gasteiger partial charge on any atom is -0.358 e. The largest absolute Gasteiger partial charge is 0.358 e. The summed E-state index contributed by atoms with van der Waals surface area (Å²) in [7, 11) is 0. The number of hydrogen-bond acceptors (Lipinski definition) is 5. The summed E-state index contributed by atoms with van der Waals surface area (Å²) >= 11 is 1.68. The topological polar surface area (TPSA) is 101 Å². The molecule has 1 aliphatic rings. The lowest BCUT2D eigenvalue weighted by Crippen LogP contribution is -2.35. The van der Waals surface area contributed by atoms with Gasteiger partial charge < -0.3 is 20.5 Å². The van der Waals surface area contributed by atoms with E-state index in [0.29, 0.717) is 23.2 Å². The van der Waals surface area contributed by atoms with Crippen LogP contribution in [0.5, 0.6) is 0 Å². The van der Waals surface area contributed by atoms with Crippen LogP contribution in [0.1, 0.15) is 57.8 Å². The molecule has 2 heterocycles. The highest BCUT2D eigenvalue weighted by atomic mass is 32.2. The summed E-state index contributed by atoms with van der Waals surface area (Å²) in [6.07, 6.45) is 1.84. The molecule has 1 aromatic heterocycles. The molecule has 38 heavy (non-hydrogen) atoms. The van der Waals surface area contributed by atoms with Gasteiger partial charge in [-0.15, -0.1) is 11.8 Å². The van der Waals surface area contributed by atoms with Gasteiger partial charge in [-0.3, -0.25) is 9.59 Å². The standard InChI is InChI=1S/C30H33N5O2S/c1-5-35(6-2)14-13-32-30(37)28-19(3)27(33-20(28)4)16-25-24-15-23(11-12-26(24)34-29(25)36)38-18-22-9-7-21(17-31)8-10-22/h7-12,15-16,33H,5-6,13-14,18H2,1-4H3,(H,32,37)(H,34,36)/b25-16-. The fraction of sp³-hybridized carbons (Fsp3) is 0.300. The van der Waals surface area contributed by atoms with E-state index in [-0.39, 0.29) is 11.8 Å². The van der Waals surface area contributed by atoms with Crippen molar-refractivity contribution in [3.63, 3.8) is 0 Å². The van der Waals surface area contributed by atoms with Gasteiger partial charge >= 0.3 is 0 Å². The Balaban J connectivity index is 1.52. The zero-order valence-corrected chi connectivity index (χ0v) is 23.1. The molecule has 1 aliphatic heterocycles. The Labute approximate surface area is 228 Å². The van der Waals surface area contributed by atoms with Gasteiger partial charge in [-0.1, -0.05) is 26.0 Å². The van der Waals surface area contributed by atoms with Gasteiger partial charge in [-0.2, -0.15) is 5.26 Å². The second-order valence-electron chi connectivity index (χ2n) is 9.26. The zero-order valence-electron chi connectivity index (χ0n) is 22.3. The number of aromatic amines is 1. The van der Waals surface area contributed by atoms with Crippen LogP contribution in [-0.4, -0.2) is 47.9 Å². The van der Waals surface area contributed by atoms with Gasteiger partial charge in [0.25, 0.3) is 11.8 Å². The number of likely N-dealkylation sites (N-methyl/N-ethyl adjacent to an activating group) is 1. The molecular formula is C30H33N5O2S. The molecule has 2 aromatic carbocycles. The summed E-state index contributed by atoms with van der Waals surface area (Å²) in [4.78, 5) is 32.5. The summed E-state index contributed by atoms with van der Waals surface area (Å²) < 4.78 is 0. The van der Waals surface area contributed by atoms with Crippen molar-refractivity contribution < 1.29 is 9.59 Å². The molecule has 2 amide bonds. The van der Waals surface area contributed by atoms with Crippen LogP contribution in [0.25, 0.3) is 11.6 Å². The van der Waals surface area contributed by atoms with E-state index in [1.165, 1.54) is 0 Å². The molecule has 3 N–H and O–H groups in total. The maximum Gasteiger partial charge on any atom is 0.256 e. The summed E-state index contributed by atoms with van der Waals surface area (Å²) in [6, 6.07) is 15.7. The molecule has 4 rings (SSSR count). The number of benzene rings is 2. The molecule has 0 saturated carbocycles. The lowest BCUT2D eigenvalue weighted by atomic mass is 10.0. The Morgan fingerprint density at radius 3 is 2.55 bits per heavy atom. The fourth-order valence-corrected chi connectivity index (χ4v) is 5.49. The SMILES string of the molecule is CCN(CC)CCNC(=O)c1c(C)[nH]c(/C=C2\C(=O)Nc3ccc(SCc4ccc(C#N)cc4)cc32)c1C. The number of thioether (sulfide) groups is 1. The molecule has 0 saturated heterocycles. The van der Waals surface area contributed by atoms with Crippen LogP contribution < -0.4 is 10.6 Å². The summed E-state index contributed by atoms with van der Waals surface area (Å²) in [6.45, 7) is 11.3. The third-order valence-corrected chi connectivity index (χ3v) is 7.93. The monoisotopic (exact) mass is 527 g/mol. The number of anilines is 1. The first-order valence-corrected chi connectivity index (χ1v) is 13.8. The molecule has 0 unspecified atom stereocenters. The molecule has 0 aliphatic carbocycles. The van der Waals surface area contributed by atoms with E-state index in [1.54, 1.807) is 11.8 Å². The highest BCUT2D eigenvalue weighted by molar-refractivity contribution is 7.98. The molecule has 0 bridgehead atoms. The van der Waals surface area contributed by atoms with E-state index < -0.39 is 0 Å². The van der Waals surface area contributed by atoms with E-state index >= 15 is 0 Å². The van der Waals surface area contributed by atoms with Gasteiger partial charge in [0.2, 0.25) is 0 Å². The van der Waals surface area contributed by atoms with Crippen LogP contribution in [0.2, 0.25) is 0 Å². The molecule has 7 nitrogen and oxygen atoms in total. The third kappa shape index (κ3) is 6.01. The van der Waals surface area contributed by atoms with Crippen LogP contribution in [0.15, 0.2) is 47.4 Å². The molecule has 0 spiro atoms. The lowest BCUT2D eigenvalue weighted by molar-refractivity contribution is -0.110. The molecular weight excluding hydrogens is 494 g/mol. The number of nitriles is 1. The summed E-state index contributed by atoms with van der Waals surface area (Å²) in [5.41, 5.74) is 6.94. The Hall–Kier alpha value is -3.80.